The first-order valence-corrected chi connectivity index (χ1v) is 12.0. The highest BCUT2D eigenvalue weighted by Gasteiger charge is 2.54. The summed E-state index contributed by atoms with van der Waals surface area (Å²) in [5.41, 5.74) is 4.10. The zero-order valence-corrected chi connectivity index (χ0v) is 21.2. The van der Waals surface area contributed by atoms with Gasteiger partial charge in [0.05, 0.1) is 11.2 Å². The first kappa shape index (κ1) is 23.5. The summed E-state index contributed by atoms with van der Waals surface area (Å²) in [6.07, 6.45) is 0. The van der Waals surface area contributed by atoms with Crippen LogP contribution in [0.2, 0.25) is 0 Å². The summed E-state index contributed by atoms with van der Waals surface area (Å²) in [6, 6.07) is 20.4. The molecule has 8 heteroatoms. The van der Waals surface area contributed by atoms with Gasteiger partial charge in [0.2, 0.25) is 5.91 Å². The van der Waals surface area contributed by atoms with Gasteiger partial charge < -0.3 is 25.1 Å². The van der Waals surface area contributed by atoms with Gasteiger partial charge in [-0.2, -0.15) is 0 Å². The summed E-state index contributed by atoms with van der Waals surface area (Å²) in [4.78, 5) is 13.6. The lowest BCUT2D eigenvalue weighted by atomic mass is 9.56. The summed E-state index contributed by atoms with van der Waals surface area (Å²) in [5, 5.41) is 12.2. The molecule has 1 saturated heterocycles. The number of aryl methyl sites for hydroxylation is 1. The highest BCUT2D eigenvalue weighted by molar-refractivity contribution is 6.85. The zero-order chi connectivity index (χ0) is 25.0. The number of carbonyl (C=O) groups is 1. The van der Waals surface area contributed by atoms with E-state index in [2.05, 4.69) is 27.9 Å². The van der Waals surface area contributed by atoms with Crippen molar-refractivity contribution in [3.05, 3.63) is 77.3 Å². The van der Waals surface area contributed by atoms with E-state index in [-0.39, 0.29) is 5.91 Å². The molecule has 0 saturated carbocycles. The maximum absolute atomic E-state index is 13.6. The third-order valence-electron chi connectivity index (χ3n) is 7.41. The van der Waals surface area contributed by atoms with Gasteiger partial charge in [-0.15, -0.1) is 0 Å². The quantitative estimate of drug-likeness (QED) is 0.379. The lowest BCUT2D eigenvalue weighted by Gasteiger charge is -2.32. The Kier molecular flexibility index (Phi) is 5.69. The number of likely N-dealkylation sites (N-methyl/N-ethyl adjacent to an activating group) is 1. The molecule has 35 heavy (non-hydrogen) atoms. The van der Waals surface area contributed by atoms with Gasteiger partial charge in [-0.3, -0.25) is 4.79 Å². The van der Waals surface area contributed by atoms with Crippen molar-refractivity contribution in [1.29, 1.82) is 0 Å². The Bertz CT molecular complexity index is 1280. The Balaban J connectivity index is 1.70. The Morgan fingerprint density at radius 1 is 0.857 bits per heavy atom. The summed E-state index contributed by atoms with van der Waals surface area (Å²) < 4.78 is 13.0. The molecule has 0 aliphatic carbocycles. The van der Waals surface area contributed by atoms with E-state index in [0.29, 0.717) is 10.9 Å². The second-order valence-electron chi connectivity index (χ2n) is 10.3. The number of nitrogens with one attached hydrogen (secondary N) is 3. The number of benzene rings is 3. The lowest BCUT2D eigenvalue weighted by molar-refractivity contribution is -0.116. The van der Waals surface area contributed by atoms with Crippen molar-refractivity contribution in [2.75, 3.05) is 17.5 Å². The number of carbonyl (C=O) groups excluding carboxylic acids is 1. The second-order valence-corrected chi connectivity index (χ2v) is 10.3. The van der Waals surface area contributed by atoms with Crippen molar-refractivity contribution in [3.63, 3.8) is 0 Å². The van der Waals surface area contributed by atoms with Crippen molar-refractivity contribution >= 4 is 47.6 Å². The molecule has 2 aliphatic heterocycles. The van der Waals surface area contributed by atoms with Crippen molar-refractivity contribution < 1.29 is 14.1 Å². The number of amides is 1. The van der Waals surface area contributed by atoms with E-state index in [0.717, 1.165) is 33.3 Å². The Labute approximate surface area is 207 Å². The molecule has 3 aromatic rings. The van der Waals surface area contributed by atoms with Gasteiger partial charge >= 0.3 is 14.1 Å². The van der Waals surface area contributed by atoms with E-state index in [9.17, 15) is 4.79 Å². The molecule has 5 rings (SSSR count). The Hall–Kier alpha value is -3.22. The van der Waals surface area contributed by atoms with Crippen molar-refractivity contribution in [3.8, 4) is 0 Å². The predicted octanol–water partition coefficient (Wildman–Crippen LogP) is 4.84. The van der Waals surface area contributed by atoms with Crippen LogP contribution in [0.1, 0.15) is 38.8 Å². The molecule has 2 heterocycles. The molecule has 0 bridgehead atoms. The summed E-state index contributed by atoms with van der Waals surface area (Å²) in [5.74, 6) is -0.202. The van der Waals surface area contributed by atoms with Gasteiger partial charge in [-0.1, -0.05) is 54.1 Å². The Morgan fingerprint density at radius 2 is 1.40 bits per heavy atom. The molecule has 178 valence electrons. The van der Waals surface area contributed by atoms with Gasteiger partial charge in [0, 0.05) is 29.3 Å². The minimum atomic E-state index is -0.716. The van der Waals surface area contributed by atoms with E-state index in [1.165, 1.54) is 0 Å². The van der Waals surface area contributed by atoms with Crippen molar-refractivity contribution in [2.24, 2.45) is 0 Å². The van der Waals surface area contributed by atoms with Crippen LogP contribution in [-0.2, 0) is 14.1 Å². The molecule has 0 radical (unpaired) electrons. The van der Waals surface area contributed by atoms with Crippen LogP contribution in [0.15, 0.2) is 66.1 Å². The molecule has 2 aliphatic rings. The fourth-order valence-electron chi connectivity index (χ4n) is 4.73. The van der Waals surface area contributed by atoms with Gasteiger partial charge in [0.25, 0.3) is 0 Å². The molecule has 0 unspecified atom stereocenters. The van der Waals surface area contributed by atoms with Crippen LogP contribution in [-0.4, -0.2) is 38.3 Å². The van der Waals surface area contributed by atoms with Crippen LogP contribution in [0.25, 0.3) is 16.2 Å². The molecule has 3 N–H and O–H groups in total. The van der Waals surface area contributed by atoms with E-state index in [1.807, 2.05) is 83.1 Å². The average Bonchev–Trinajstić information content (AvgIpc) is 3.04. The van der Waals surface area contributed by atoms with E-state index < -0.39 is 25.3 Å². The highest BCUT2D eigenvalue weighted by atomic mass is 16.7. The van der Waals surface area contributed by atoms with Crippen LogP contribution >= 0.6 is 0 Å². The van der Waals surface area contributed by atoms with Crippen LogP contribution in [0.4, 0.5) is 11.4 Å². The second kappa shape index (κ2) is 8.47. The summed E-state index contributed by atoms with van der Waals surface area (Å²) in [6.45, 7) is 9.64. The molecule has 1 fully saturated rings. The van der Waals surface area contributed by atoms with Crippen LogP contribution in [0, 0.1) is 6.92 Å². The molecule has 0 aromatic heterocycles. The topological polar surface area (TPSA) is 71.6 Å². The molecule has 3 aromatic carbocycles. The predicted molar refractivity (Wildman–Crippen MR) is 145 cm³/mol. The van der Waals surface area contributed by atoms with Crippen LogP contribution < -0.4 is 15.8 Å². The lowest BCUT2D eigenvalue weighted by Crippen LogP contribution is -2.46. The monoisotopic (exact) mass is 467 g/mol. The largest absolute Gasteiger partial charge is 0.495 e. The molecular formula is C27H31B2N3O3. The van der Waals surface area contributed by atoms with Gasteiger partial charge in [0.15, 0.2) is 0 Å². The standard InChI is InChI=1S/C27H31B2N3O3/c1-17-13-15-19(16-14-17)23(29-34-26(2,3)27(4,5)35-29)24(25(33)30-6)28-31-20-11-7-9-18-10-8-12-21(32-28)22(18)20/h7-16,31-32H,1-6H3,(H,30,33)/b24-23+. The molecule has 0 spiro atoms. The fourth-order valence-corrected chi connectivity index (χ4v) is 4.73. The first-order valence-electron chi connectivity index (χ1n) is 12.0. The van der Waals surface area contributed by atoms with Crippen molar-refractivity contribution in [2.45, 2.75) is 45.8 Å². The first-order chi connectivity index (χ1) is 16.6. The van der Waals surface area contributed by atoms with E-state index in [4.69, 9.17) is 9.31 Å². The molecule has 0 atom stereocenters. The molecular weight excluding hydrogens is 436 g/mol. The van der Waals surface area contributed by atoms with Crippen molar-refractivity contribution in [1.82, 2.24) is 5.32 Å². The van der Waals surface area contributed by atoms with Crippen LogP contribution in [0.5, 0.6) is 0 Å². The maximum atomic E-state index is 13.6. The highest BCUT2D eigenvalue weighted by Crippen LogP contribution is 2.42. The number of hydrogen-bond acceptors (Lipinski definition) is 5. The van der Waals surface area contributed by atoms with Gasteiger partial charge in [0.1, 0.15) is 0 Å². The molecule has 1 amide bonds. The SMILES string of the molecule is CNC(=O)/C(B1Nc2cccc3cccc(c23)N1)=C(\B1OC(C)(C)C(C)(C)O1)c1ccc(C)cc1. The fraction of sp³-hybridized carbons (Fsp3) is 0.296. The normalized spacial score (nSPS) is 18.6. The van der Waals surface area contributed by atoms with Crippen LogP contribution in [0.3, 0.4) is 0 Å². The minimum Gasteiger partial charge on any atom is -0.405 e. The smallest absolute Gasteiger partial charge is 0.405 e. The number of hydrogen-bond donors (Lipinski definition) is 3. The summed E-state index contributed by atoms with van der Waals surface area (Å²) >= 11 is 0. The van der Waals surface area contributed by atoms with E-state index >= 15 is 0 Å². The third-order valence-corrected chi connectivity index (χ3v) is 7.41. The number of rotatable bonds is 4. The van der Waals surface area contributed by atoms with Gasteiger partial charge in [-0.25, -0.2) is 0 Å². The third kappa shape index (κ3) is 4.01. The van der Waals surface area contributed by atoms with Gasteiger partial charge in [-0.05, 0) is 63.2 Å². The summed E-state index contributed by atoms with van der Waals surface area (Å²) in [7, 11) is 0.933. The zero-order valence-electron chi connectivity index (χ0n) is 21.2. The molecule has 6 nitrogen and oxygen atoms in total. The average molecular weight is 467 g/mol. The number of anilines is 2. The minimum absolute atomic E-state index is 0.202. The Morgan fingerprint density at radius 3 is 1.91 bits per heavy atom. The maximum Gasteiger partial charge on any atom is 0.495 e. The van der Waals surface area contributed by atoms with E-state index in [1.54, 1.807) is 7.05 Å².